The summed E-state index contributed by atoms with van der Waals surface area (Å²) in [5.74, 6) is 2.26. The predicted molar refractivity (Wildman–Crippen MR) is 75.8 cm³/mol. The van der Waals surface area contributed by atoms with E-state index in [1.165, 1.54) is 30.4 Å². The number of rotatable bonds is 4. The topological polar surface area (TPSA) is 0 Å². The largest absolute Gasteiger partial charge is 0.0843 e. The van der Waals surface area contributed by atoms with Crippen molar-refractivity contribution in [3.63, 3.8) is 0 Å². The normalized spacial score (nSPS) is 18.2. The molecule has 1 aliphatic carbocycles. The maximum Gasteiger partial charge on any atom is 0.0411 e. The zero-order valence-corrected chi connectivity index (χ0v) is 11.9. The molecule has 0 nitrogen and oxygen atoms in total. The highest BCUT2D eigenvalue weighted by Crippen LogP contribution is 2.39. The van der Waals surface area contributed by atoms with Crippen molar-refractivity contribution < 1.29 is 0 Å². The Kier molecular flexibility index (Phi) is 4.14. The lowest BCUT2D eigenvalue weighted by Gasteiger charge is -2.32. The zero-order valence-electron chi connectivity index (χ0n) is 11.2. The van der Waals surface area contributed by atoms with E-state index in [2.05, 4.69) is 39.0 Å². The summed E-state index contributed by atoms with van der Waals surface area (Å²) in [5, 5.41) is 0.907. The second-order valence-corrected chi connectivity index (χ2v) is 6.41. The van der Waals surface area contributed by atoms with Gasteiger partial charge in [-0.1, -0.05) is 44.9 Å². The van der Waals surface area contributed by atoms with Crippen molar-refractivity contribution >= 4 is 11.6 Å². The Labute approximate surface area is 110 Å². The Morgan fingerprint density at radius 3 is 2.41 bits per heavy atom. The van der Waals surface area contributed by atoms with Gasteiger partial charge in [-0.25, -0.2) is 0 Å². The molecule has 0 aliphatic heterocycles. The fraction of sp³-hybridized carbons (Fsp3) is 0.625. The summed E-state index contributed by atoms with van der Waals surface area (Å²) >= 11 is 6.24. The molecule has 0 heterocycles. The van der Waals surface area contributed by atoms with Gasteiger partial charge in [0.05, 0.1) is 0 Å². The average molecular weight is 251 g/mol. The van der Waals surface area contributed by atoms with Crippen LogP contribution in [0.15, 0.2) is 18.2 Å². The first-order valence-electron chi connectivity index (χ1n) is 6.85. The van der Waals surface area contributed by atoms with E-state index < -0.39 is 0 Å². The van der Waals surface area contributed by atoms with E-state index in [0.29, 0.717) is 11.8 Å². The lowest BCUT2D eigenvalue weighted by atomic mass is 9.74. The van der Waals surface area contributed by atoms with Crippen molar-refractivity contribution in [3.8, 4) is 0 Å². The molecule has 1 aliphatic rings. The number of hydrogen-bond acceptors (Lipinski definition) is 0. The Hall–Kier alpha value is -0.490. The summed E-state index contributed by atoms with van der Waals surface area (Å²) in [6.07, 6.45) is 5.33. The standard InChI is InChI=1S/C16H23Cl/c1-11(2)7-13-8-15(10-16(17)9-13)12(3)14-5-4-6-14/h8-12,14H,4-7H2,1-3H3/t12-/m0/s1. The molecule has 0 radical (unpaired) electrons. The van der Waals surface area contributed by atoms with Gasteiger partial charge >= 0.3 is 0 Å². The third-order valence-electron chi connectivity index (χ3n) is 4.01. The van der Waals surface area contributed by atoms with Gasteiger partial charge in [-0.05, 0) is 60.3 Å². The van der Waals surface area contributed by atoms with Gasteiger partial charge in [-0.15, -0.1) is 0 Å². The minimum atomic E-state index is 0.674. The maximum atomic E-state index is 6.24. The van der Waals surface area contributed by atoms with Crippen LogP contribution in [-0.2, 0) is 6.42 Å². The van der Waals surface area contributed by atoms with Crippen LogP contribution in [0.4, 0.5) is 0 Å². The first kappa shape index (κ1) is 13.0. The van der Waals surface area contributed by atoms with Crippen LogP contribution >= 0.6 is 11.6 Å². The van der Waals surface area contributed by atoms with Crippen LogP contribution in [0.2, 0.25) is 5.02 Å². The highest BCUT2D eigenvalue weighted by Gasteiger charge is 2.25. The van der Waals surface area contributed by atoms with Crippen LogP contribution in [0.25, 0.3) is 0 Å². The lowest BCUT2D eigenvalue weighted by molar-refractivity contribution is 0.272. The number of benzene rings is 1. The van der Waals surface area contributed by atoms with E-state index in [4.69, 9.17) is 11.6 Å². The lowest BCUT2D eigenvalue weighted by Crippen LogP contribution is -2.18. The van der Waals surface area contributed by atoms with E-state index in [1.807, 2.05) is 0 Å². The Morgan fingerprint density at radius 1 is 1.18 bits per heavy atom. The fourth-order valence-corrected chi connectivity index (χ4v) is 3.01. The number of hydrogen-bond donors (Lipinski definition) is 0. The van der Waals surface area contributed by atoms with Gasteiger partial charge in [0.25, 0.3) is 0 Å². The molecule has 1 atom stereocenters. The summed E-state index contributed by atoms with van der Waals surface area (Å²) in [5.41, 5.74) is 2.84. The van der Waals surface area contributed by atoms with Gasteiger partial charge in [-0.3, -0.25) is 0 Å². The monoisotopic (exact) mass is 250 g/mol. The van der Waals surface area contributed by atoms with Crippen molar-refractivity contribution in [1.82, 2.24) is 0 Å². The molecule has 2 rings (SSSR count). The molecule has 1 fully saturated rings. The van der Waals surface area contributed by atoms with Crippen molar-refractivity contribution in [2.24, 2.45) is 11.8 Å². The summed E-state index contributed by atoms with van der Waals surface area (Å²) < 4.78 is 0. The molecule has 1 aromatic carbocycles. The van der Waals surface area contributed by atoms with E-state index in [1.54, 1.807) is 0 Å². The zero-order chi connectivity index (χ0) is 12.4. The smallest absolute Gasteiger partial charge is 0.0411 e. The second kappa shape index (κ2) is 5.44. The molecule has 1 heteroatoms. The quantitative estimate of drug-likeness (QED) is 0.667. The Morgan fingerprint density at radius 2 is 1.88 bits per heavy atom. The molecule has 0 aromatic heterocycles. The molecule has 0 bridgehead atoms. The van der Waals surface area contributed by atoms with E-state index in [9.17, 15) is 0 Å². The summed E-state index contributed by atoms with van der Waals surface area (Å²) in [6.45, 7) is 6.88. The molecular weight excluding hydrogens is 228 g/mol. The first-order chi connectivity index (χ1) is 8.06. The van der Waals surface area contributed by atoms with Crippen LogP contribution in [-0.4, -0.2) is 0 Å². The van der Waals surface area contributed by atoms with Crippen LogP contribution < -0.4 is 0 Å². The van der Waals surface area contributed by atoms with E-state index >= 15 is 0 Å². The SMILES string of the molecule is CC(C)Cc1cc(Cl)cc([C@@H](C)C2CCC2)c1. The molecule has 1 aromatic rings. The van der Waals surface area contributed by atoms with E-state index in [-0.39, 0.29) is 0 Å². The van der Waals surface area contributed by atoms with Crippen molar-refractivity contribution in [2.45, 2.75) is 52.4 Å². The van der Waals surface area contributed by atoms with Crippen LogP contribution in [0, 0.1) is 11.8 Å². The van der Waals surface area contributed by atoms with Gasteiger partial charge in [0.1, 0.15) is 0 Å². The molecule has 0 N–H and O–H groups in total. The highest BCUT2D eigenvalue weighted by atomic mass is 35.5. The minimum Gasteiger partial charge on any atom is -0.0843 e. The van der Waals surface area contributed by atoms with Gasteiger partial charge in [0, 0.05) is 5.02 Å². The predicted octanol–water partition coefficient (Wildman–Crippen LogP) is 5.44. The molecule has 1 saturated carbocycles. The van der Waals surface area contributed by atoms with Crippen molar-refractivity contribution in [3.05, 3.63) is 34.3 Å². The molecular formula is C16H23Cl. The molecule has 0 unspecified atom stereocenters. The summed E-state index contributed by atoms with van der Waals surface area (Å²) in [4.78, 5) is 0. The molecule has 17 heavy (non-hydrogen) atoms. The van der Waals surface area contributed by atoms with Gasteiger partial charge in [0.2, 0.25) is 0 Å². The average Bonchev–Trinajstić information content (AvgIpc) is 2.12. The van der Waals surface area contributed by atoms with Gasteiger partial charge in [0.15, 0.2) is 0 Å². The molecule has 0 spiro atoms. The molecule has 94 valence electrons. The van der Waals surface area contributed by atoms with Crippen LogP contribution in [0.1, 0.15) is 57.1 Å². The van der Waals surface area contributed by atoms with E-state index in [0.717, 1.165) is 17.4 Å². The second-order valence-electron chi connectivity index (χ2n) is 5.97. The van der Waals surface area contributed by atoms with Crippen LogP contribution in [0.3, 0.4) is 0 Å². The van der Waals surface area contributed by atoms with Gasteiger partial charge < -0.3 is 0 Å². The van der Waals surface area contributed by atoms with Gasteiger partial charge in [-0.2, -0.15) is 0 Å². The Bertz CT molecular complexity index is 377. The van der Waals surface area contributed by atoms with Crippen molar-refractivity contribution in [2.75, 3.05) is 0 Å². The molecule has 0 amide bonds. The molecule has 0 saturated heterocycles. The first-order valence-corrected chi connectivity index (χ1v) is 7.23. The fourth-order valence-electron chi connectivity index (χ4n) is 2.74. The summed E-state index contributed by atoms with van der Waals surface area (Å²) in [7, 11) is 0. The van der Waals surface area contributed by atoms with Crippen molar-refractivity contribution in [1.29, 1.82) is 0 Å². The highest BCUT2D eigenvalue weighted by molar-refractivity contribution is 6.30. The third-order valence-corrected chi connectivity index (χ3v) is 4.22. The Balaban J connectivity index is 2.18. The maximum absolute atomic E-state index is 6.24. The van der Waals surface area contributed by atoms with Crippen LogP contribution in [0.5, 0.6) is 0 Å². The minimum absolute atomic E-state index is 0.674. The summed E-state index contributed by atoms with van der Waals surface area (Å²) in [6, 6.07) is 6.65. The number of halogens is 1. The third kappa shape index (κ3) is 3.25.